The first-order valence-corrected chi connectivity index (χ1v) is 5.10. The minimum atomic E-state index is -1.18. The molecule has 1 aliphatic rings. The summed E-state index contributed by atoms with van der Waals surface area (Å²) in [5, 5.41) is 10.6. The number of rotatable bonds is 4. The molecule has 1 rings (SSSR count). The summed E-state index contributed by atoms with van der Waals surface area (Å²) < 4.78 is 0. The Kier molecular flexibility index (Phi) is 3.92. The van der Waals surface area contributed by atoms with Gasteiger partial charge in [-0.05, 0) is 19.8 Å². The van der Waals surface area contributed by atoms with Gasteiger partial charge in [-0.15, -0.1) is 0 Å². The maximum Gasteiger partial charge on any atom is 0.210 e. The Morgan fingerprint density at radius 1 is 1.43 bits per heavy atom. The fraction of sp³-hybridized carbons (Fsp3) is 0.800. The van der Waals surface area contributed by atoms with Crippen molar-refractivity contribution in [3.05, 3.63) is 0 Å². The quantitative estimate of drug-likeness (QED) is 0.593. The van der Waals surface area contributed by atoms with Crippen molar-refractivity contribution in [2.24, 2.45) is 0 Å². The Bertz CT molecular complexity index is 211. The minimum absolute atomic E-state index is 0.0918. The molecule has 1 unspecified atom stereocenters. The van der Waals surface area contributed by atoms with Gasteiger partial charge < -0.3 is 14.8 Å². The third kappa shape index (κ3) is 2.47. The monoisotopic (exact) mass is 198 g/mol. The lowest BCUT2D eigenvalue weighted by atomic mass is 9.93. The number of carbonyl (C=O) groups excluding carboxylic acids is 2. The first-order valence-electron chi connectivity index (χ1n) is 5.10. The smallest absolute Gasteiger partial charge is 0.210 e. The number of carboxylic acid groups (broad SMARTS) is 1. The van der Waals surface area contributed by atoms with E-state index in [-0.39, 0.29) is 6.04 Å². The summed E-state index contributed by atoms with van der Waals surface area (Å²) in [6.45, 7) is 1.50. The molecule has 80 valence electrons. The van der Waals surface area contributed by atoms with Gasteiger partial charge in [0.2, 0.25) is 6.41 Å². The van der Waals surface area contributed by atoms with Crippen LogP contribution in [0.2, 0.25) is 0 Å². The molecular formula is C10H16NO3-. The SMILES string of the molecule is CC(C(=O)[O-])N(C=O)C1CCCCC1. The highest BCUT2D eigenvalue weighted by Gasteiger charge is 2.24. The summed E-state index contributed by atoms with van der Waals surface area (Å²) in [6, 6.07) is -0.718. The van der Waals surface area contributed by atoms with Crippen molar-refractivity contribution in [1.82, 2.24) is 4.90 Å². The van der Waals surface area contributed by atoms with Gasteiger partial charge in [0.25, 0.3) is 0 Å². The van der Waals surface area contributed by atoms with E-state index < -0.39 is 12.0 Å². The summed E-state index contributed by atoms with van der Waals surface area (Å²) in [5.41, 5.74) is 0. The third-order valence-electron chi connectivity index (χ3n) is 2.91. The van der Waals surface area contributed by atoms with Gasteiger partial charge in [0.05, 0.1) is 12.0 Å². The molecule has 0 heterocycles. The Labute approximate surface area is 83.9 Å². The second kappa shape index (κ2) is 4.98. The average molecular weight is 198 g/mol. The molecule has 14 heavy (non-hydrogen) atoms. The summed E-state index contributed by atoms with van der Waals surface area (Å²) in [4.78, 5) is 22.8. The van der Waals surface area contributed by atoms with E-state index in [0.29, 0.717) is 6.41 Å². The lowest BCUT2D eigenvalue weighted by Crippen LogP contribution is -2.50. The van der Waals surface area contributed by atoms with Crippen LogP contribution in [0.5, 0.6) is 0 Å². The zero-order valence-electron chi connectivity index (χ0n) is 8.44. The molecule has 1 fully saturated rings. The van der Waals surface area contributed by atoms with E-state index in [1.165, 1.54) is 18.2 Å². The number of carbonyl (C=O) groups is 2. The predicted octanol–water partition coefficient (Wildman–Crippen LogP) is -0.0841. The molecule has 0 aliphatic heterocycles. The number of hydrogen-bond donors (Lipinski definition) is 0. The fourth-order valence-electron chi connectivity index (χ4n) is 1.99. The standard InChI is InChI=1S/C10H17NO3/c1-8(10(13)14)11(7-12)9-5-3-2-4-6-9/h7-9H,2-6H2,1H3,(H,13,14)/p-1. The Morgan fingerprint density at radius 2 is 2.00 bits per heavy atom. The second-order valence-electron chi connectivity index (χ2n) is 3.84. The van der Waals surface area contributed by atoms with E-state index >= 15 is 0 Å². The normalized spacial score (nSPS) is 20.1. The molecule has 0 spiro atoms. The molecule has 4 nitrogen and oxygen atoms in total. The number of amides is 1. The van der Waals surface area contributed by atoms with Crippen molar-refractivity contribution in [3.8, 4) is 0 Å². The van der Waals surface area contributed by atoms with Crippen LogP contribution in [-0.4, -0.2) is 29.4 Å². The molecule has 0 aromatic carbocycles. The summed E-state index contributed by atoms with van der Waals surface area (Å²) in [6.07, 6.45) is 5.80. The van der Waals surface area contributed by atoms with Gasteiger partial charge in [-0.25, -0.2) is 0 Å². The van der Waals surface area contributed by atoms with Gasteiger partial charge in [-0.2, -0.15) is 0 Å². The highest BCUT2D eigenvalue weighted by atomic mass is 16.4. The van der Waals surface area contributed by atoms with Crippen LogP contribution < -0.4 is 5.11 Å². The van der Waals surface area contributed by atoms with Crippen LogP contribution in [-0.2, 0) is 9.59 Å². The molecular weight excluding hydrogens is 182 g/mol. The molecule has 1 aliphatic carbocycles. The van der Waals surface area contributed by atoms with Gasteiger partial charge >= 0.3 is 0 Å². The predicted molar refractivity (Wildman–Crippen MR) is 49.2 cm³/mol. The van der Waals surface area contributed by atoms with E-state index in [9.17, 15) is 14.7 Å². The summed E-state index contributed by atoms with van der Waals surface area (Å²) in [7, 11) is 0. The van der Waals surface area contributed by atoms with Gasteiger partial charge in [-0.1, -0.05) is 19.3 Å². The van der Waals surface area contributed by atoms with E-state index in [2.05, 4.69) is 0 Å². The number of aliphatic carboxylic acids is 1. The fourth-order valence-corrected chi connectivity index (χ4v) is 1.99. The number of hydrogen-bond acceptors (Lipinski definition) is 3. The van der Waals surface area contributed by atoms with Gasteiger partial charge in [0, 0.05) is 6.04 Å². The van der Waals surface area contributed by atoms with Crippen LogP contribution in [0.25, 0.3) is 0 Å². The summed E-state index contributed by atoms with van der Waals surface area (Å²) >= 11 is 0. The van der Waals surface area contributed by atoms with Crippen LogP contribution in [0.4, 0.5) is 0 Å². The molecule has 1 amide bonds. The maximum atomic E-state index is 10.8. The van der Waals surface area contributed by atoms with Crippen LogP contribution in [0.1, 0.15) is 39.0 Å². The van der Waals surface area contributed by atoms with Crippen LogP contribution in [0, 0.1) is 0 Å². The average Bonchev–Trinajstić information content (AvgIpc) is 2.20. The molecule has 1 saturated carbocycles. The third-order valence-corrected chi connectivity index (χ3v) is 2.91. The van der Waals surface area contributed by atoms with E-state index in [4.69, 9.17) is 0 Å². The van der Waals surface area contributed by atoms with Crippen molar-refractivity contribution in [3.63, 3.8) is 0 Å². The van der Waals surface area contributed by atoms with E-state index in [0.717, 1.165) is 25.7 Å². The van der Waals surface area contributed by atoms with Crippen molar-refractivity contribution in [1.29, 1.82) is 0 Å². The summed E-state index contributed by atoms with van der Waals surface area (Å²) in [5.74, 6) is -1.18. The van der Waals surface area contributed by atoms with Crippen molar-refractivity contribution in [2.45, 2.75) is 51.1 Å². The first-order chi connectivity index (χ1) is 6.66. The minimum Gasteiger partial charge on any atom is -0.548 e. The highest BCUT2D eigenvalue weighted by molar-refractivity contribution is 5.73. The van der Waals surface area contributed by atoms with E-state index in [1.807, 2.05) is 0 Å². The highest BCUT2D eigenvalue weighted by Crippen LogP contribution is 2.22. The number of carboxylic acids is 1. The Morgan fingerprint density at radius 3 is 2.43 bits per heavy atom. The van der Waals surface area contributed by atoms with Crippen molar-refractivity contribution < 1.29 is 14.7 Å². The van der Waals surface area contributed by atoms with Crippen LogP contribution in [0.3, 0.4) is 0 Å². The van der Waals surface area contributed by atoms with Crippen LogP contribution >= 0.6 is 0 Å². The lowest BCUT2D eigenvalue weighted by Gasteiger charge is -2.36. The van der Waals surface area contributed by atoms with Crippen LogP contribution in [0.15, 0.2) is 0 Å². The van der Waals surface area contributed by atoms with Gasteiger partial charge in [-0.3, -0.25) is 4.79 Å². The zero-order valence-corrected chi connectivity index (χ0v) is 8.44. The lowest BCUT2D eigenvalue weighted by molar-refractivity contribution is -0.311. The molecule has 0 N–H and O–H groups in total. The Balaban J connectivity index is 2.59. The zero-order chi connectivity index (χ0) is 10.6. The second-order valence-corrected chi connectivity index (χ2v) is 3.84. The van der Waals surface area contributed by atoms with Gasteiger partial charge in [0.15, 0.2) is 0 Å². The number of nitrogens with zero attached hydrogens (tertiary/aromatic N) is 1. The molecule has 4 heteroatoms. The molecule has 0 aromatic heterocycles. The maximum absolute atomic E-state index is 10.8. The van der Waals surface area contributed by atoms with Gasteiger partial charge in [0.1, 0.15) is 0 Å². The molecule has 1 atom stereocenters. The molecule has 0 aromatic rings. The first kappa shape index (κ1) is 11.0. The molecule has 0 radical (unpaired) electrons. The molecule has 0 saturated heterocycles. The topological polar surface area (TPSA) is 60.4 Å². The van der Waals surface area contributed by atoms with E-state index in [1.54, 1.807) is 0 Å². The Hall–Kier alpha value is -1.06. The molecule has 0 bridgehead atoms. The van der Waals surface area contributed by atoms with Crippen molar-refractivity contribution in [2.75, 3.05) is 0 Å². The largest absolute Gasteiger partial charge is 0.548 e. The van der Waals surface area contributed by atoms with Crippen molar-refractivity contribution >= 4 is 12.4 Å².